The summed E-state index contributed by atoms with van der Waals surface area (Å²) in [6, 6.07) is 15.4. The Labute approximate surface area is 171 Å². The van der Waals surface area contributed by atoms with Crippen molar-refractivity contribution in [1.82, 2.24) is 24.1 Å². The van der Waals surface area contributed by atoms with Crippen molar-refractivity contribution < 1.29 is 4.74 Å². The maximum atomic E-state index is 13.2. The van der Waals surface area contributed by atoms with Crippen LogP contribution in [0.2, 0.25) is 0 Å². The number of aromatic nitrogens is 5. The molecule has 7 heteroatoms. The SMILES string of the molecule is C=CCn1cnc2c(c1=O)c1nc3ccccc3nc1n2Cc1ccccc1OC. The van der Waals surface area contributed by atoms with E-state index in [9.17, 15) is 4.79 Å². The first-order chi connectivity index (χ1) is 14.7. The normalized spacial score (nSPS) is 11.4. The lowest BCUT2D eigenvalue weighted by Crippen LogP contribution is -2.20. The molecule has 0 amide bonds. The van der Waals surface area contributed by atoms with Gasteiger partial charge in [0.15, 0.2) is 11.3 Å². The molecule has 0 atom stereocenters. The molecule has 0 unspecified atom stereocenters. The molecule has 5 rings (SSSR count). The molecule has 7 nitrogen and oxygen atoms in total. The average Bonchev–Trinajstić information content (AvgIpc) is 3.08. The molecule has 0 aliphatic heterocycles. The van der Waals surface area contributed by atoms with Crippen molar-refractivity contribution in [2.24, 2.45) is 0 Å². The maximum absolute atomic E-state index is 13.2. The van der Waals surface area contributed by atoms with Gasteiger partial charge in [0.1, 0.15) is 23.0 Å². The van der Waals surface area contributed by atoms with Gasteiger partial charge in [-0.25, -0.2) is 15.0 Å². The van der Waals surface area contributed by atoms with E-state index in [0.717, 1.165) is 22.3 Å². The molecular formula is C23H19N5O2. The molecule has 0 aliphatic carbocycles. The van der Waals surface area contributed by atoms with Gasteiger partial charge >= 0.3 is 0 Å². The summed E-state index contributed by atoms with van der Waals surface area (Å²) in [6.07, 6.45) is 3.22. The molecular weight excluding hydrogens is 378 g/mol. The van der Waals surface area contributed by atoms with Crippen LogP contribution in [-0.4, -0.2) is 31.2 Å². The lowest BCUT2D eigenvalue weighted by molar-refractivity contribution is 0.409. The highest BCUT2D eigenvalue weighted by Gasteiger charge is 2.20. The first kappa shape index (κ1) is 18.1. The number of para-hydroxylation sites is 3. The quantitative estimate of drug-likeness (QED) is 0.424. The summed E-state index contributed by atoms with van der Waals surface area (Å²) in [5.74, 6) is 0.765. The fourth-order valence-corrected chi connectivity index (χ4v) is 3.76. The lowest BCUT2D eigenvalue weighted by Gasteiger charge is -2.11. The fourth-order valence-electron chi connectivity index (χ4n) is 3.76. The second kappa shape index (κ2) is 7.11. The number of methoxy groups -OCH3 is 1. The van der Waals surface area contributed by atoms with E-state index < -0.39 is 0 Å². The van der Waals surface area contributed by atoms with E-state index >= 15 is 0 Å². The Morgan fingerprint density at radius 3 is 2.53 bits per heavy atom. The minimum Gasteiger partial charge on any atom is -0.496 e. The Kier molecular flexibility index (Phi) is 4.28. The van der Waals surface area contributed by atoms with Crippen LogP contribution in [0, 0.1) is 0 Å². The summed E-state index contributed by atoms with van der Waals surface area (Å²) >= 11 is 0. The lowest BCUT2D eigenvalue weighted by atomic mass is 10.2. The van der Waals surface area contributed by atoms with E-state index in [1.54, 1.807) is 19.5 Å². The van der Waals surface area contributed by atoms with Crippen LogP contribution in [0.15, 0.2) is 72.3 Å². The van der Waals surface area contributed by atoms with E-state index in [0.29, 0.717) is 35.3 Å². The monoisotopic (exact) mass is 397 g/mol. The summed E-state index contributed by atoms with van der Waals surface area (Å²) in [6.45, 7) is 4.56. The molecule has 0 saturated carbocycles. The predicted octanol–water partition coefficient (Wildman–Crippen LogP) is 3.54. The van der Waals surface area contributed by atoms with Gasteiger partial charge in [0.25, 0.3) is 5.56 Å². The predicted molar refractivity (Wildman–Crippen MR) is 117 cm³/mol. The zero-order valence-electron chi connectivity index (χ0n) is 16.4. The molecule has 0 spiro atoms. The van der Waals surface area contributed by atoms with Gasteiger partial charge in [-0.2, -0.15) is 0 Å². The average molecular weight is 397 g/mol. The van der Waals surface area contributed by atoms with Crippen LogP contribution in [0.3, 0.4) is 0 Å². The molecule has 3 heterocycles. The first-order valence-corrected chi connectivity index (χ1v) is 9.58. The minimum absolute atomic E-state index is 0.159. The summed E-state index contributed by atoms with van der Waals surface area (Å²) < 4.78 is 8.98. The van der Waals surface area contributed by atoms with Gasteiger partial charge in [-0.1, -0.05) is 36.4 Å². The van der Waals surface area contributed by atoms with Gasteiger partial charge in [0.05, 0.1) is 24.7 Å². The molecule has 0 saturated heterocycles. The molecule has 0 N–H and O–H groups in total. The summed E-state index contributed by atoms with van der Waals surface area (Å²) in [5.41, 5.74) is 4.03. The van der Waals surface area contributed by atoms with E-state index in [1.165, 1.54) is 4.57 Å². The van der Waals surface area contributed by atoms with Crippen molar-refractivity contribution in [1.29, 1.82) is 0 Å². The molecule has 0 bridgehead atoms. The van der Waals surface area contributed by atoms with Crippen molar-refractivity contribution >= 4 is 33.2 Å². The van der Waals surface area contributed by atoms with Crippen molar-refractivity contribution in [2.75, 3.05) is 7.11 Å². The van der Waals surface area contributed by atoms with Gasteiger partial charge in [0.2, 0.25) is 0 Å². The highest BCUT2D eigenvalue weighted by molar-refractivity contribution is 6.04. The Balaban J connectivity index is 1.87. The van der Waals surface area contributed by atoms with Gasteiger partial charge < -0.3 is 9.30 Å². The molecule has 2 aromatic carbocycles. The number of ether oxygens (including phenoxy) is 1. The molecule has 3 aromatic heterocycles. The zero-order valence-corrected chi connectivity index (χ0v) is 16.4. The van der Waals surface area contributed by atoms with Crippen LogP contribution in [0.4, 0.5) is 0 Å². The Morgan fingerprint density at radius 1 is 1.03 bits per heavy atom. The third-order valence-corrected chi connectivity index (χ3v) is 5.16. The summed E-state index contributed by atoms with van der Waals surface area (Å²) in [5, 5.41) is 0.461. The number of hydrogen-bond acceptors (Lipinski definition) is 5. The third-order valence-electron chi connectivity index (χ3n) is 5.16. The molecule has 0 aliphatic rings. The standard InChI is InChI=1S/C23H19N5O2/c1-3-12-27-14-24-21-19(23(27)29)20-22(26-17-10-6-5-9-16(17)25-20)28(21)13-15-8-4-7-11-18(15)30-2/h3-11,14H,1,12-13H2,2H3. The number of nitrogens with zero attached hydrogens (tertiary/aromatic N) is 5. The summed E-state index contributed by atoms with van der Waals surface area (Å²) in [7, 11) is 1.64. The molecule has 5 aromatic rings. The van der Waals surface area contributed by atoms with Crippen molar-refractivity contribution in [3.8, 4) is 5.75 Å². The van der Waals surface area contributed by atoms with Gasteiger partial charge in [-0.05, 0) is 18.2 Å². The number of fused-ring (bicyclic) bond motifs is 4. The topological polar surface area (TPSA) is 74.8 Å². The van der Waals surface area contributed by atoms with Crippen LogP contribution in [0.1, 0.15) is 5.56 Å². The van der Waals surface area contributed by atoms with Crippen LogP contribution < -0.4 is 10.3 Å². The second-order valence-corrected chi connectivity index (χ2v) is 6.97. The van der Waals surface area contributed by atoms with Gasteiger partial charge in [-0.15, -0.1) is 6.58 Å². The van der Waals surface area contributed by atoms with E-state index in [1.807, 2.05) is 53.1 Å². The highest BCUT2D eigenvalue weighted by Crippen LogP contribution is 2.27. The van der Waals surface area contributed by atoms with E-state index in [4.69, 9.17) is 14.7 Å². The Morgan fingerprint density at radius 2 is 1.77 bits per heavy atom. The Bertz CT molecular complexity index is 1480. The van der Waals surface area contributed by atoms with Crippen molar-refractivity contribution in [3.05, 3.63) is 83.4 Å². The number of hydrogen-bond donors (Lipinski definition) is 0. The van der Waals surface area contributed by atoms with Crippen LogP contribution >= 0.6 is 0 Å². The zero-order chi connectivity index (χ0) is 20.7. The second-order valence-electron chi connectivity index (χ2n) is 6.97. The third kappa shape index (κ3) is 2.75. The molecule has 148 valence electrons. The number of benzene rings is 2. The highest BCUT2D eigenvalue weighted by atomic mass is 16.5. The molecule has 0 fully saturated rings. The number of rotatable bonds is 5. The van der Waals surface area contributed by atoms with E-state index in [2.05, 4.69) is 11.6 Å². The maximum Gasteiger partial charge on any atom is 0.265 e. The molecule has 0 radical (unpaired) electrons. The summed E-state index contributed by atoms with van der Waals surface area (Å²) in [4.78, 5) is 27.4. The van der Waals surface area contributed by atoms with Crippen molar-refractivity contribution in [3.63, 3.8) is 0 Å². The van der Waals surface area contributed by atoms with Crippen molar-refractivity contribution in [2.45, 2.75) is 13.1 Å². The number of allylic oxidation sites excluding steroid dienone is 1. The van der Waals surface area contributed by atoms with Crippen LogP contribution in [-0.2, 0) is 13.1 Å². The smallest absolute Gasteiger partial charge is 0.265 e. The molecule has 30 heavy (non-hydrogen) atoms. The minimum atomic E-state index is -0.159. The first-order valence-electron chi connectivity index (χ1n) is 9.58. The van der Waals surface area contributed by atoms with Crippen LogP contribution in [0.5, 0.6) is 5.75 Å². The Hall–Kier alpha value is -4.00. The van der Waals surface area contributed by atoms with Gasteiger partial charge in [0, 0.05) is 12.1 Å². The van der Waals surface area contributed by atoms with E-state index in [-0.39, 0.29) is 5.56 Å². The van der Waals surface area contributed by atoms with Crippen LogP contribution in [0.25, 0.3) is 33.2 Å². The fraction of sp³-hybridized carbons (Fsp3) is 0.130. The van der Waals surface area contributed by atoms with Gasteiger partial charge in [-0.3, -0.25) is 9.36 Å². The largest absolute Gasteiger partial charge is 0.496 e.